The summed E-state index contributed by atoms with van der Waals surface area (Å²) in [7, 11) is 0. The van der Waals surface area contributed by atoms with Gasteiger partial charge in [-0.25, -0.2) is 0 Å². The van der Waals surface area contributed by atoms with Crippen molar-refractivity contribution >= 4 is 5.91 Å². The minimum absolute atomic E-state index is 0.00360. The van der Waals surface area contributed by atoms with Crippen LogP contribution in [0.1, 0.15) is 27.4 Å². The second-order valence-corrected chi connectivity index (χ2v) is 7.02. The van der Waals surface area contributed by atoms with Gasteiger partial charge in [0.25, 0.3) is 5.91 Å². The van der Waals surface area contributed by atoms with Gasteiger partial charge in [0.2, 0.25) is 0 Å². The van der Waals surface area contributed by atoms with Gasteiger partial charge in [0.05, 0.1) is 5.56 Å². The molecular weight excluding hydrogens is 357 g/mol. The summed E-state index contributed by atoms with van der Waals surface area (Å²) in [5.41, 5.74) is 1.82. The van der Waals surface area contributed by atoms with Crippen LogP contribution in [0.4, 0.5) is 13.2 Å². The first-order valence-electron chi connectivity index (χ1n) is 8.84. The Labute approximate surface area is 154 Å². The molecule has 1 fully saturated rings. The standard InChI is InChI=1S/C20H19F3N2O2/c21-20(22,23)27-17-8-4-7-15-16-12-25(10-13-5-2-1-3-6-13)11-14(16)9-24-19(26)18(15)17/h1-8,14,16H,9-12H2,(H,24,26)/t14-,16-/m0/s1. The van der Waals surface area contributed by atoms with E-state index in [2.05, 4.69) is 27.1 Å². The van der Waals surface area contributed by atoms with Crippen LogP contribution in [0.25, 0.3) is 0 Å². The number of hydrogen-bond acceptors (Lipinski definition) is 3. The van der Waals surface area contributed by atoms with Crippen molar-refractivity contribution in [2.75, 3.05) is 19.6 Å². The van der Waals surface area contributed by atoms with Crippen molar-refractivity contribution in [2.24, 2.45) is 5.92 Å². The number of rotatable bonds is 3. The highest BCUT2D eigenvalue weighted by Crippen LogP contribution is 2.40. The molecule has 2 atom stereocenters. The predicted octanol–water partition coefficient (Wildman–Crippen LogP) is 3.54. The van der Waals surface area contributed by atoms with Gasteiger partial charge in [-0.15, -0.1) is 13.2 Å². The molecule has 2 aromatic carbocycles. The molecule has 0 saturated carbocycles. The zero-order valence-corrected chi connectivity index (χ0v) is 14.5. The number of halogens is 3. The number of benzene rings is 2. The van der Waals surface area contributed by atoms with Crippen molar-refractivity contribution < 1.29 is 22.7 Å². The van der Waals surface area contributed by atoms with E-state index < -0.39 is 18.0 Å². The van der Waals surface area contributed by atoms with Crippen molar-refractivity contribution in [1.29, 1.82) is 0 Å². The average molecular weight is 376 g/mol. The Morgan fingerprint density at radius 1 is 1.07 bits per heavy atom. The van der Waals surface area contributed by atoms with E-state index in [-0.39, 0.29) is 17.4 Å². The van der Waals surface area contributed by atoms with Gasteiger partial charge in [-0.05, 0) is 23.1 Å². The smallest absolute Gasteiger partial charge is 0.405 e. The summed E-state index contributed by atoms with van der Waals surface area (Å²) >= 11 is 0. The van der Waals surface area contributed by atoms with Crippen LogP contribution >= 0.6 is 0 Å². The minimum Gasteiger partial charge on any atom is -0.405 e. The third kappa shape index (κ3) is 3.78. The molecule has 2 aliphatic rings. The van der Waals surface area contributed by atoms with Crippen LogP contribution in [-0.2, 0) is 6.54 Å². The van der Waals surface area contributed by atoms with Gasteiger partial charge in [0, 0.05) is 32.1 Å². The highest BCUT2D eigenvalue weighted by atomic mass is 19.4. The third-order valence-corrected chi connectivity index (χ3v) is 5.20. The van der Waals surface area contributed by atoms with Gasteiger partial charge in [0.1, 0.15) is 5.75 Å². The number of carbonyl (C=O) groups is 1. The van der Waals surface area contributed by atoms with E-state index in [0.717, 1.165) is 13.1 Å². The molecule has 2 heterocycles. The van der Waals surface area contributed by atoms with Crippen LogP contribution in [-0.4, -0.2) is 36.8 Å². The second-order valence-electron chi connectivity index (χ2n) is 7.02. The fourth-order valence-electron chi connectivity index (χ4n) is 4.11. The largest absolute Gasteiger partial charge is 0.573 e. The van der Waals surface area contributed by atoms with Crippen LogP contribution < -0.4 is 10.1 Å². The van der Waals surface area contributed by atoms with Gasteiger partial charge in [-0.2, -0.15) is 0 Å². The Morgan fingerprint density at radius 3 is 2.59 bits per heavy atom. The highest BCUT2D eigenvalue weighted by Gasteiger charge is 2.40. The van der Waals surface area contributed by atoms with Crippen LogP contribution in [0, 0.1) is 5.92 Å². The first-order valence-corrected chi connectivity index (χ1v) is 8.84. The quantitative estimate of drug-likeness (QED) is 0.891. The zero-order chi connectivity index (χ0) is 19.0. The van der Waals surface area contributed by atoms with Gasteiger partial charge >= 0.3 is 6.36 Å². The molecule has 0 bridgehead atoms. The maximum atomic E-state index is 12.8. The number of carbonyl (C=O) groups excluding carboxylic acids is 1. The fourth-order valence-corrected chi connectivity index (χ4v) is 4.11. The molecule has 27 heavy (non-hydrogen) atoms. The number of hydrogen-bond donors (Lipinski definition) is 1. The zero-order valence-electron chi connectivity index (χ0n) is 14.5. The maximum Gasteiger partial charge on any atom is 0.573 e. The Bertz CT molecular complexity index is 839. The molecule has 0 spiro atoms. The summed E-state index contributed by atoms with van der Waals surface area (Å²) in [4.78, 5) is 14.7. The predicted molar refractivity (Wildman–Crippen MR) is 93.4 cm³/mol. The van der Waals surface area contributed by atoms with Gasteiger partial charge in [-0.3, -0.25) is 9.69 Å². The topological polar surface area (TPSA) is 41.6 Å². The Hall–Kier alpha value is -2.54. The molecule has 2 aromatic rings. The number of likely N-dealkylation sites (tertiary alicyclic amines) is 1. The molecule has 1 saturated heterocycles. The van der Waals surface area contributed by atoms with Crippen LogP contribution in [0.5, 0.6) is 5.75 Å². The highest BCUT2D eigenvalue weighted by molar-refractivity contribution is 5.99. The number of ether oxygens (including phenoxy) is 1. The van der Waals surface area contributed by atoms with Crippen molar-refractivity contribution in [3.05, 3.63) is 65.2 Å². The number of nitrogens with zero attached hydrogens (tertiary/aromatic N) is 1. The normalized spacial score (nSPS) is 22.6. The Kier molecular flexibility index (Phi) is 4.55. The van der Waals surface area contributed by atoms with Gasteiger partial charge < -0.3 is 10.1 Å². The lowest BCUT2D eigenvalue weighted by Gasteiger charge is -2.19. The molecule has 4 nitrogen and oxygen atoms in total. The number of nitrogens with one attached hydrogen (secondary N) is 1. The molecule has 0 aromatic heterocycles. The summed E-state index contributed by atoms with van der Waals surface area (Å²) in [6, 6.07) is 14.5. The van der Waals surface area contributed by atoms with E-state index in [1.54, 1.807) is 6.07 Å². The molecule has 0 radical (unpaired) electrons. The molecule has 2 aliphatic heterocycles. The summed E-state index contributed by atoms with van der Waals surface area (Å²) in [5.74, 6) is -0.798. The van der Waals surface area contributed by atoms with Gasteiger partial charge in [0.15, 0.2) is 0 Å². The molecule has 142 valence electrons. The van der Waals surface area contributed by atoms with Gasteiger partial charge in [-0.1, -0.05) is 42.5 Å². The van der Waals surface area contributed by atoms with E-state index in [0.29, 0.717) is 18.7 Å². The number of alkyl halides is 3. The summed E-state index contributed by atoms with van der Waals surface area (Å²) in [6.07, 6.45) is -4.84. The summed E-state index contributed by atoms with van der Waals surface area (Å²) in [5, 5.41) is 2.77. The monoisotopic (exact) mass is 376 g/mol. The van der Waals surface area contributed by atoms with E-state index in [1.165, 1.54) is 17.7 Å². The van der Waals surface area contributed by atoms with E-state index in [1.807, 2.05) is 18.2 Å². The van der Waals surface area contributed by atoms with Crippen LogP contribution in [0.3, 0.4) is 0 Å². The minimum atomic E-state index is -4.84. The fraction of sp³-hybridized carbons (Fsp3) is 0.350. The lowest BCUT2D eigenvalue weighted by atomic mass is 9.87. The van der Waals surface area contributed by atoms with Crippen molar-refractivity contribution in [3.8, 4) is 5.75 Å². The van der Waals surface area contributed by atoms with Crippen LogP contribution in [0.15, 0.2) is 48.5 Å². The van der Waals surface area contributed by atoms with E-state index in [9.17, 15) is 18.0 Å². The first-order chi connectivity index (χ1) is 12.9. The second kappa shape index (κ2) is 6.88. The van der Waals surface area contributed by atoms with Crippen LogP contribution in [0.2, 0.25) is 0 Å². The Balaban J connectivity index is 1.63. The lowest BCUT2D eigenvalue weighted by Crippen LogP contribution is -2.30. The summed E-state index contributed by atoms with van der Waals surface area (Å²) < 4.78 is 42.4. The van der Waals surface area contributed by atoms with Crippen molar-refractivity contribution in [3.63, 3.8) is 0 Å². The molecule has 1 N–H and O–H groups in total. The Morgan fingerprint density at radius 2 is 1.85 bits per heavy atom. The number of fused-ring (bicyclic) bond motifs is 3. The molecule has 1 amide bonds. The van der Waals surface area contributed by atoms with Crippen molar-refractivity contribution in [1.82, 2.24) is 10.2 Å². The molecule has 7 heteroatoms. The molecule has 0 unspecified atom stereocenters. The molecule has 0 aliphatic carbocycles. The maximum absolute atomic E-state index is 12.8. The molecule has 4 rings (SSSR count). The third-order valence-electron chi connectivity index (χ3n) is 5.20. The van der Waals surface area contributed by atoms with E-state index >= 15 is 0 Å². The summed E-state index contributed by atoms with van der Waals surface area (Å²) in [6.45, 7) is 2.69. The number of amides is 1. The van der Waals surface area contributed by atoms with E-state index in [4.69, 9.17) is 0 Å². The SMILES string of the molecule is O=C1NC[C@H]2CN(Cc3ccccc3)C[C@@H]2c2cccc(OC(F)(F)F)c21. The average Bonchev–Trinajstić information content (AvgIpc) is 2.96. The first kappa shape index (κ1) is 17.9. The molecular formula is C20H19F3N2O2. The lowest BCUT2D eigenvalue weighted by molar-refractivity contribution is -0.274. The van der Waals surface area contributed by atoms with Crippen molar-refractivity contribution in [2.45, 2.75) is 18.8 Å².